The van der Waals surface area contributed by atoms with Crippen molar-refractivity contribution in [2.45, 2.75) is 32.2 Å². The molecule has 0 radical (unpaired) electrons. The van der Waals surface area contributed by atoms with Gasteiger partial charge in [0.15, 0.2) is 0 Å². The van der Waals surface area contributed by atoms with Gasteiger partial charge in [-0.2, -0.15) is 0 Å². The van der Waals surface area contributed by atoms with Gasteiger partial charge in [-0.15, -0.1) is 0 Å². The number of nitrogens with two attached hydrogens (primary N) is 1. The number of anilines is 1. The van der Waals surface area contributed by atoms with Crippen LogP contribution >= 0.6 is 0 Å². The van der Waals surface area contributed by atoms with E-state index in [1.165, 1.54) is 12.3 Å². The van der Waals surface area contributed by atoms with Crippen LogP contribution in [0, 0.1) is 20.8 Å². The third-order valence-electron chi connectivity index (χ3n) is 3.23. The standard InChI is InChI=1S/C15H19N3O2S/c1-10-6-11(2)15(12(3)7-10)18-21(19,20)14-5-4-13(8-16)17-9-14/h4-7,9,18H,8,16H2,1-3H3. The molecule has 1 aromatic carbocycles. The number of nitrogens with zero attached hydrogens (tertiary/aromatic N) is 1. The second-order valence-corrected chi connectivity index (χ2v) is 6.75. The Balaban J connectivity index is 2.37. The van der Waals surface area contributed by atoms with Crippen molar-refractivity contribution < 1.29 is 8.42 Å². The summed E-state index contributed by atoms with van der Waals surface area (Å²) in [6.45, 7) is 6.03. The molecule has 6 heteroatoms. The minimum atomic E-state index is -3.65. The maximum atomic E-state index is 12.4. The molecule has 1 heterocycles. The largest absolute Gasteiger partial charge is 0.325 e. The fraction of sp³-hybridized carbons (Fsp3) is 0.267. The summed E-state index contributed by atoms with van der Waals surface area (Å²) in [7, 11) is -3.65. The first-order valence-corrected chi connectivity index (χ1v) is 8.07. The molecule has 0 bridgehead atoms. The quantitative estimate of drug-likeness (QED) is 0.907. The predicted octanol–water partition coefficient (Wildman–Crippen LogP) is 2.27. The number of hydrogen-bond acceptors (Lipinski definition) is 4. The molecule has 5 nitrogen and oxygen atoms in total. The van der Waals surface area contributed by atoms with Crippen LogP contribution in [0.25, 0.3) is 0 Å². The number of pyridine rings is 1. The highest BCUT2D eigenvalue weighted by molar-refractivity contribution is 7.92. The number of nitrogens with one attached hydrogen (secondary N) is 1. The summed E-state index contributed by atoms with van der Waals surface area (Å²) in [4.78, 5) is 4.14. The topological polar surface area (TPSA) is 85.1 Å². The van der Waals surface area contributed by atoms with Gasteiger partial charge in [0.05, 0.1) is 11.4 Å². The van der Waals surface area contributed by atoms with E-state index >= 15 is 0 Å². The van der Waals surface area contributed by atoms with Crippen molar-refractivity contribution in [2.75, 3.05) is 4.72 Å². The van der Waals surface area contributed by atoms with Crippen LogP contribution in [0.1, 0.15) is 22.4 Å². The third kappa shape index (κ3) is 3.40. The molecule has 0 fully saturated rings. The summed E-state index contributed by atoms with van der Waals surface area (Å²) in [5.41, 5.74) is 9.60. The summed E-state index contributed by atoms with van der Waals surface area (Å²) in [5, 5.41) is 0. The lowest BCUT2D eigenvalue weighted by Crippen LogP contribution is -2.15. The number of aryl methyl sites for hydroxylation is 3. The van der Waals surface area contributed by atoms with Gasteiger partial charge in [-0.3, -0.25) is 9.71 Å². The Bertz CT molecular complexity index is 730. The molecule has 2 aromatic rings. The van der Waals surface area contributed by atoms with Gasteiger partial charge >= 0.3 is 0 Å². The zero-order chi connectivity index (χ0) is 15.6. The second-order valence-electron chi connectivity index (χ2n) is 5.07. The molecular weight excluding hydrogens is 286 g/mol. The van der Waals surface area contributed by atoms with Crippen LogP contribution in [0.4, 0.5) is 5.69 Å². The Morgan fingerprint density at radius 2 is 1.76 bits per heavy atom. The first kappa shape index (κ1) is 15.5. The first-order chi connectivity index (χ1) is 9.83. The molecule has 112 valence electrons. The van der Waals surface area contributed by atoms with Crippen LogP contribution in [0.3, 0.4) is 0 Å². The zero-order valence-electron chi connectivity index (χ0n) is 12.3. The normalized spacial score (nSPS) is 11.4. The zero-order valence-corrected chi connectivity index (χ0v) is 13.2. The van der Waals surface area contributed by atoms with Crippen molar-refractivity contribution in [3.63, 3.8) is 0 Å². The van der Waals surface area contributed by atoms with Crippen molar-refractivity contribution in [1.29, 1.82) is 0 Å². The second kappa shape index (κ2) is 5.83. The highest BCUT2D eigenvalue weighted by atomic mass is 32.2. The first-order valence-electron chi connectivity index (χ1n) is 6.59. The molecule has 0 aliphatic heterocycles. The van der Waals surface area contributed by atoms with E-state index in [9.17, 15) is 8.42 Å². The lowest BCUT2D eigenvalue weighted by molar-refractivity contribution is 0.600. The van der Waals surface area contributed by atoms with Crippen LogP contribution < -0.4 is 10.5 Å². The van der Waals surface area contributed by atoms with Gasteiger partial charge in [0.2, 0.25) is 0 Å². The smallest absolute Gasteiger partial charge is 0.263 e. The van der Waals surface area contributed by atoms with E-state index in [1.807, 2.05) is 32.9 Å². The fourth-order valence-corrected chi connectivity index (χ4v) is 3.37. The van der Waals surface area contributed by atoms with Gasteiger partial charge in [-0.25, -0.2) is 8.42 Å². The average molecular weight is 305 g/mol. The molecule has 3 N–H and O–H groups in total. The molecule has 0 amide bonds. The van der Waals surface area contributed by atoms with Crippen LogP contribution in [0.5, 0.6) is 0 Å². The average Bonchev–Trinajstić information content (AvgIpc) is 2.43. The summed E-state index contributed by atoms with van der Waals surface area (Å²) in [5.74, 6) is 0. The molecular formula is C15H19N3O2S. The van der Waals surface area contributed by atoms with Crippen molar-refractivity contribution in [3.8, 4) is 0 Å². The van der Waals surface area contributed by atoms with Crippen molar-refractivity contribution in [1.82, 2.24) is 4.98 Å². The molecule has 0 spiro atoms. The number of sulfonamides is 1. The molecule has 0 aliphatic rings. The molecule has 2 rings (SSSR count). The number of aromatic nitrogens is 1. The molecule has 0 unspecified atom stereocenters. The van der Waals surface area contributed by atoms with E-state index in [0.29, 0.717) is 11.4 Å². The predicted molar refractivity (Wildman–Crippen MR) is 83.6 cm³/mol. The third-order valence-corrected chi connectivity index (χ3v) is 4.57. The highest BCUT2D eigenvalue weighted by Gasteiger charge is 2.17. The number of hydrogen-bond donors (Lipinski definition) is 2. The Hall–Kier alpha value is -1.92. The maximum Gasteiger partial charge on any atom is 0.263 e. The van der Waals surface area contributed by atoms with E-state index in [4.69, 9.17) is 5.73 Å². The van der Waals surface area contributed by atoms with Gasteiger partial charge in [0, 0.05) is 12.7 Å². The minimum absolute atomic E-state index is 0.124. The van der Waals surface area contributed by atoms with Crippen LogP contribution in [-0.4, -0.2) is 13.4 Å². The molecule has 0 saturated carbocycles. The lowest BCUT2D eigenvalue weighted by atomic mass is 10.1. The van der Waals surface area contributed by atoms with Gasteiger partial charge < -0.3 is 5.73 Å². The van der Waals surface area contributed by atoms with Gasteiger partial charge in [-0.05, 0) is 44.0 Å². The molecule has 1 aromatic heterocycles. The van der Waals surface area contributed by atoms with Crippen molar-refractivity contribution in [3.05, 3.63) is 52.8 Å². The van der Waals surface area contributed by atoms with Crippen molar-refractivity contribution >= 4 is 15.7 Å². The van der Waals surface area contributed by atoms with Crippen LogP contribution in [-0.2, 0) is 16.6 Å². The van der Waals surface area contributed by atoms with E-state index in [0.717, 1.165) is 16.7 Å². The molecule has 0 aliphatic carbocycles. The Labute approximate surface area is 125 Å². The fourth-order valence-electron chi connectivity index (χ4n) is 2.22. The van der Waals surface area contributed by atoms with Crippen LogP contribution in [0.15, 0.2) is 35.4 Å². The van der Waals surface area contributed by atoms with E-state index in [2.05, 4.69) is 9.71 Å². The van der Waals surface area contributed by atoms with Gasteiger partial charge in [-0.1, -0.05) is 17.7 Å². The summed E-state index contributed by atoms with van der Waals surface area (Å²) in [6.07, 6.45) is 1.32. The number of rotatable bonds is 4. The SMILES string of the molecule is Cc1cc(C)c(NS(=O)(=O)c2ccc(CN)nc2)c(C)c1. The monoisotopic (exact) mass is 305 g/mol. The summed E-state index contributed by atoms with van der Waals surface area (Å²) >= 11 is 0. The summed E-state index contributed by atoms with van der Waals surface area (Å²) in [6, 6.07) is 7.01. The maximum absolute atomic E-state index is 12.4. The Kier molecular flexibility index (Phi) is 4.29. The number of benzene rings is 1. The molecule has 0 saturated heterocycles. The van der Waals surface area contributed by atoms with E-state index < -0.39 is 10.0 Å². The van der Waals surface area contributed by atoms with E-state index in [1.54, 1.807) is 6.07 Å². The molecule has 21 heavy (non-hydrogen) atoms. The minimum Gasteiger partial charge on any atom is -0.325 e. The van der Waals surface area contributed by atoms with E-state index in [-0.39, 0.29) is 11.4 Å². The lowest BCUT2D eigenvalue weighted by Gasteiger charge is -2.14. The molecule has 0 atom stereocenters. The summed E-state index contributed by atoms with van der Waals surface area (Å²) < 4.78 is 27.5. The van der Waals surface area contributed by atoms with Gasteiger partial charge in [0.1, 0.15) is 4.90 Å². The van der Waals surface area contributed by atoms with Gasteiger partial charge in [0.25, 0.3) is 10.0 Å². The van der Waals surface area contributed by atoms with Crippen molar-refractivity contribution in [2.24, 2.45) is 5.73 Å². The Morgan fingerprint density at radius 1 is 1.14 bits per heavy atom. The van der Waals surface area contributed by atoms with Crippen LogP contribution in [0.2, 0.25) is 0 Å². The highest BCUT2D eigenvalue weighted by Crippen LogP contribution is 2.24. The Morgan fingerprint density at radius 3 is 2.24 bits per heavy atom.